The van der Waals surface area contributed by atoms with Gasteiger partial charge in [0.2, 0.25) is 11.8 Å². The van der Waals surface area contributed by atoms with Crippen LogP contribution in [-0.2, 0) is 9.59 Å². The Balaban J connectivity index is 1.06. The van der Waals surface area contributed by atoms with Gasteiger partial charge >= 0.3 is 0 Å². The molecule has 5 unspecified atom stereocenters. The number of amides is 2. The van der Waals surface area contributed by atoms with Crippen LogP contribution in [0.25, 0.3) is 0 Å². The summed E-state index contributed by atoms with van der Waals surface area (Å²) in [6, 6.07) is 0.511. The minimum Gasteiger partial charge on any atom is -0.355 e. The van der Waals surface area contributed by atoms with Crippen LogP contribution in [0.5, 0.6) is 0 Å². The highest BCUT2D eigenvalue weighted by molar-refractivity contribution is 6.22. The van der Waals surface area contributed by atoms with Gasteiger partial charge in [0.15, 0.2) is 0 Å². The van der Waals surface area contributed by atoms with Crippen molar-refractivity contribution in [3.63, 3.8) is 0 Å². The van der Waals surface area contributed by atoms with Crippen molar-refractivity contribution in [3.8, 4) is 0 Å². The second-order valence-electron chi connectivity index (χ2n) is 10.3. The lowest BCUT2D eigenvalue weighted by Crippen LogP contribution is -2.45. The van der Waals surface area contributed by atoms with Crippen molar-refractivity contribution >= 4 is 23.4 Å². The standard InChI is InChI=1S/C24H41ClN4O2/c25-20-7-2-1-6-19(20)24(31)29-13-9-17(10-14-29)5-3-4-11-27-23(30)22-15-18-16-26-12-8-21(18)28-22/h17-22,26,28H,1-16H2,(H,27,30). The van der Waals surface area contributed by atoms with Gasteiger partial charge in [0.05, 0.1) is 12.0 Å². The molecule has 3 aliphatic heterocycles. The fourth-order valence-electron chi connectivity index (χ4n) is 6.14. The highest BCUT2D eigenvalue weighted by Gasteiger charge is 2.38. The number of fused-ring (bicyclic) bond motifs is 1. The number of rotatable bonds is 7. The highest BCUT2D eigenvalue weighted by Crippen LogP contribution is 2.32. The summed E-state index contributed by atoms with van der Waals surface area (Å²) in [4.78, 5) is 27.4. The second kappa shape index (κ2) is 11.3. The third-order valence-corrected chi connectivity index (χ3v) is 8.66. The van der Waals surface area contributed by atoms with E-state index in [0.717, 1.165) is 96.9 Å². The lowest BCUT2D eigenvalue weighted by Gasteiger charge is -2.36. The summed E-state index contributed by atoms with van der Waals surface area (Å²) in [7, 11) is 0. The van der Waals surface area contributed by atoms with Gasteiger partial charge in [-0.15, -0.1) is 11.6 Å². The Kier molecular flexibility index (Phi) is 8.52. The number of hydrogen-bond donors (Lipinski definition) is 3. The molecule has 0 aromatic rings. The summed E-state index contributed by atoms with van der Waals surface area (Å²) in [5.41, 5.74) is 0. The van der Waals surface area contributed by atoms with E-state index in [4.69, 9.17) is 11.6 Å². The van der Waals surface area contributed by atoms with Gasteiger partial charge in [0, 0.05) is 31.1 Å². The average Bonchev–Trinajstić information content (AvgIpc) is 3.23. The van der Waals surface area contributed by atoms with E-state index in [9.17, 15) is 9.59 Å². The van der Waals surface area contributed by atoms with Gasteiger partial charge in [-0.3, -0.25) is 9.59 Å². The van der Waals surface area contributed by atoms with Gasteiger partial charge in [-0.1, -0.05) is 25.7 Å². The van der Waals surface area contributed by atoms with Gasteiger partial charge in [0.25, 0.3) is 0 Å². The summed E-state index contributed by atoms with van der Waals surface area (Å²) >= 11 is 6.43. The Morgan fingerprint density at radius 2 is 1.84 bits per heavy atom. The molecule has 2 amide bonds. The second-order valence-corrected chi connectivity index (χ2v) is 10.8. The molecule has 176 valence electrons. The average molecular weight is 453 g/mol. The number of halogens is 1. The molecule has 3 saturated heterocycles. The van der Waals surface area contributed by atoms with Crippen molar-refractivity contribution < 1.29 is 9.59 Å². The Morgan fingerprint density at radius 3 is 2.61 bits per heavy atom. The maximum atomic E-state index is 12.8. The molecule has 1 aliphatic carbocycles. The number of nitrogens with zero attached hydrogens (tertiary/aromatic N) is 1. The molecule has 31 heavy (non-hydrogen) atoms. The maximum absolute atomic E-state index is 12.8. The molecular formula is C24H41ClN4O2. The Bertz CT molecular complexity index is 596. The Hall–Kier alpha value is -0.850. The first kappa shape index (κ1) is 23.3. The third-order valence-electron chi connectivity index (χ3n) is 8.14. The van der Waals surface area contributed by atoms with E-state index < -0.39 is 0 Å². The Morgan fingerprint density at radius 1 is 1.03 bits per heavy atom. The number of carbonyl (C=O) groups excluding carboxylic acids is 2. The highest BCUT2D eigenvalue weighted by atomic mass is 35.5. The van der Waals surface area contributed by atoms with E-state index >= 15 is 0 Å². The molecule has 7 heteroatoms. The normalized spacial score (nSPS) is 34.4. The van der Waals surface area contributed by atoms with Crippen LogP contribution in [0.4, 0.5) is 0 Å². The lowest BCUT2D eigenvalue weighted by atomic mass is 9.86. The van der Waals surface area contributed by atoms with Crippen LogP contribution in [0.3, 0.4) is 0 Å². The number of alkyl halides is 1. The molecule has 6 nitrogen and oxygen atoms in total. The first-order valence-corrected chi connectivity index (χ1v) is 13.2. The van der Waals surface area contributed by atoms with Crippen LogP contribution in [0, 0.1) is 17.8 Å². The molecule has 0 aromatic carbocycles. The van der Waals surface area contributed by atoms with Crippen molar-refractivity contribution in [2.45, 2.75) is 88.1 Å². The van der Waals surface area contributed by atoms with Crippen LogP contribution in [0.1, 0.15) is 70.6 Å². The summed E-state index contributed by atoms with van der Waals surface area (Å²) in [6.07, 6.45) is 12.0. The summed E-state index contributed by atoms with van der Waals surface area (Å²) in [5, 5.41) is 10.2. The molecule has 4 aliphatic rings. The quantitative estimate of drug-likeness (QED) is 0.410. The van der Waals surface area contributed by atoms with Crippen LogP contribution < -0.4 is 16.0 Å². The number of carbonyl (C=O) groups is 2. The monoisotopic (exact) mass is 452 g/mol. The van der Waals surface area contributed by atoms with E-state index in [0.29, 0.717) is 23.8 Å². The van der Waals surface area contributed by atoms with Crippen molar-refractivity contribution in [2.24, 2.45) is 17.8 Å². The SMILES string of the molecule is O=C(NCCCCC1CCN(C(=O)C2CCCCC2Cl)CC1)C1CC2CNCCC2N1. The zero-order valence-electron chi connectivity index (χ0n) is 18.9. The van der Waals surface area contributed by atoms with E-state index in [1.165, 1.54) is 6.42 Å². The minimum absolute atomic E-state index is 0.00601. The number of nitrogens with one attached hydrogen (secondary N) is 3. The number of unbranched alkanes of at least 4 members (excludes halogenated alkanes) is 1. The molecule has 3 heterocycles. The number of hydrogen-bond acceptors (Lipinski definition) is 4. The molecular weight excluding hydrogens is 412 g/mol. The summed E-state index contributed by atoms with van der Waals surface area (Å²) in [5.74, 6) is 1.85. The van der Waals surface area contributed by atoms with E-state index in [1.807, 2.05) is 0 Å². The first-order chi connectivity index (χ1) is 15.1. The molecule has 4 fully saturated rings. The third kappa shape index (κ3) is 6.14. The minimum atomic E-state index is -0.00601. The zero-order chi connectivity index (χ0) is 21.6. The van der Waals surface area contributed by atoms with Gasteiger partial charge in [0.1, 0.15) is 0 Å². The maximum Gasteiger partial charge on any atom is 0.237 e. The largest absolute Gasteiger partial charge is 0.355 e. The molecule has 1 saturated carbocycles. The Labute approximate surface area is 192 Å². The molecule has 0 aromatic heterocycles. The summed E-state index contributed by atoms with van der Waals surface area (Å²) < 4.78 is 0. The fraction of sp³-hybridized carbons (Fsp3) is 0.917. The predicted molar refractivity (Wildman–Crippen MR) is 124 cm³/mol. The van der Waals surface area contributed by atoms with Gasteiger partial charge < -0.3 is 20.9 Å². The molecule has 0 bridgehead atoms. The molecule has 3 N–H and O–H groups in total. The molecule has 4 rings (SSSR count). The molecule has 5 atom stereocenters. The fourth-order valence-corrected chi connectivity index (χ4v) is 6.52. The number of piperidine rings is 2. The van der Waals surface area contributed by atoms with Crippen LogP contribution in [-0.4, -0.2) is 66.9 Å². The predicted octanol–water partition coefficient (Wildman–Crippen LogP) is 2.65. The van der Waals surface area contributed by atoms with Gasteiger partial charge in [-0.2, -0.15) is 0 Å². The van der Waals surface area contributed by atoms with Crippen molar-refractivity contribution in [1.29, 1.82) is 0 Å². The van der Waals surface area contributed by atoms with Gasteiger partial charge in [-0.05, 0) is 69.9 Å². The zero-order valence-corrected chi connectivity index (χ0v) is 19.7. The summed E-state index contributed by atoms with van der Waals surface area (Å²) in [6.45, 7) is 4.67. The van der Waals surface area contributed by atoms with Crippen molar-refractivity contribution in [3.05, 3.63) is 0 Å². The lowest BCUT2D eigenvalue weighted by molar-refractivity contribution is -0.137. The van der Waals surface area contributed by atoms with E-state index in [1.54, 1.807) is 0 Å². The van der Waals surface area contributed by atoms with Crippen molar-refractivity contribution in [1.82, 2.24) is 20.9 Å². The van der Waals surface area contributed by atoms with E-state index in [-0.39, 0.29) is 23.2 Å². The van der Waals surface area contributed by atoms with Gasteiger partial charge in [-0.25, -0.2) is 0 Å². The van der Waals surface area contributed by atoms with Crippen molar-refractivity contribution in [2.75, 3.05) is 32.7 Å². The van der Waals surface area contributed by atoms with Crippen LogP contribution in [0.2, 0.25) is 0 Å². The van der Waals surface area contributed by atoms with Crippen LogP contribution >= 0.6 is 11.6 Å². The topological polar surface area (TPSA) is 73.5 Å². The number of likely N-dealkylation sites (tertiary alicyclic amines) is 1. The molecule has 0 spiro atoms. The first-order valence-electron chi connectivity index (χ1n) is 12.8. The smallest absolute Gasteiger partial charge is 0.237 e. The van der Waals surface area contributed by atoms with E-state index in [2.05, 4.69) is 20.9 Å². The van der Waals surface area contributed by atoms with Crippen LogP contribution in [0.15, 0.2) is 0 Å². The molecule has 0 radical (unpaired) electrons.